The van der Waals surface area contributed by atoms with Crippen LogP contribution in [0, 0.1) is 5.92 Å². The third-order valence-electron chi connectivity index (χ3n) is 11.3. The van der Waals surface area contributed by atoms with Crippen LogP contribution in [0.15, 0.2) is 72.9 Å². The first kappa shape index (κ1) is 34.9. The van der Waals surface area contributed by atoms with Crippen LogP contribution in [0.3, 0.4) is 0 Å². The van der Waals surface area contributed by atoms with Crippen molar-refractivity contribution in [3.8, 4) is 11.5 Å². The fraction of sp³-hybridized carbons (Fsp3) is 0.436. The highest BCUT2D eigenvalue weighted by Gasteiger charge is 2.66. The van der Waals surface area contributed by atoms with Gasteiger partial charge in [-0.3, -0.25) is 14.3 Å². The Bertz CT molecular complexity index is 1910. The number of aromatic nitrogens is 3. The van der Waals surface area contributed by atoms with E-state index in [9.17, 15) is 9.90 Å². The minimum atomic E-state index is -2.34. The van der Waals surface area contributed by atoms with Crippen molar-refractivity contribution in [1.82, 2.24) is 15.0 Å². The van der Waals surface area contributed by atoms with Crippen molar-refractivity contribution in [2.45, 2.75) is 76.0 Å². The van der Waals surface area contributed by atoms with Crippen LogP contribution < -0.4 is 24.5 Å². The van der Waals surface area contributed by atoms with Crippen LogP contribution in [0.25, 0.3) is 0 Å². The summed E-state index contributed by atoms with van der Waals surface area (Å²) in [5.74, 6) is 1.34. The minimum Gasteiger partial charge on any atom is -0.497 e. The molecule has 1 aromatic heterocycles. The highest BCUT2D eigenvalue weighted by Crippen LogP contribution is 2.60. The van der Waals surface area contributed by atoms with Gasteiger partial charge >= 0.3 is 0 Å². The summed E-state index contributed by atoms with van der Waals surface area (Å²) >= 11 is 0. The van der Waals surface area contributed by atoms with E-state index in [1.807, 2.05) is 70.6 Å². The van der Waals surface area contributed by atoms with Gasteiger partial charge in [-0.2, -0.15) is 0 Å². The third-order valence-corrected chi connectivity index (χ3v) is 15.6. The molecule has 3 aliphatic rings. The molecular weight excluding hydrogens is 663 g/mol. The maximum absolute atomic E-state index is 15.2. The van der Waals surface area contributed by atoms with Crippen LogP contribution >= 0.6 is 0 Å². The van der Waals surface area contributed by atoms with E-state index >= 15 is 4.79 Å². The fourth-order valence-corrected chi connectivity index (χ4v) is 12.8. The first-order valence-corrected chi connectivity index (χ1v) is 20.9. The number of aliphatic hydroxyl groups excluding tert-OH is 1. The summed E-state index contributed by atoms with van der Waals surface area (Å²) in [5, 5.41) is 19.2. The van der Waals surface area contributed by atoms with Crippen LogP contribution in [-0.2, 0) is 39.4 Å². The van der Waals surface area contributed by atoms with Gasteiger partial charge in [0.15, 0.2) is 5.60 Å². The average Bonchev–Trinajstić information content (AvgIpc) is 3.90. The Balaban J connectivity index is 1.28. The Kier molecular flexibility index (Phi) is 9.51. The number of carbonyl (C=O) groups excluding carboxylic acids is 2. The summed E-state index contributed by atoms with van der Waals surface area (Å²) in [4.78, 5) is 31.5. The number of aryl methyl sites for hydroxylation is 1. The molecule has 2 fully saturated rings. The Morgan fingerprint density at radius 1 is 1.02 bits per heavy atom. The summed E-state index contributed by atoms with van der Waals surface area (Å²) in [7, 11) is 0.969. The van der Waals surface area contributed by atoms with E-state index in [4.69, 9.17) is 14.2 Å². The molecule has 12 heteroatoms. The number of fused-ring (bicyclic) bond motifs is 2. The van der Waals surface area contributed by atoms with Gasteiger partial charge in [-0.15, -0.1) is 5.10 Å². The van der Waals surface area contributed by atoms with Crippen molar-refractivity contribution < 1.29 is 28.9 Å². The second-order valence-electron chi connectivity index (χ2n) is 14.5. The number of nitrogens with zero attached hydrogens (tertiary/aromatic N) is 5. The molecule has 3 aliphatic heterocycles. The van der Waals surface area contributed by atoms with Gasteiger partial charge in [-0.05, 0) is 66.4 Å². The predicted octanol–water partition coefficient (Wildman–Crippen LogP) is 4.81. The second-order valence-corrected chi connectivity index (χ2v) is 19.2. The maximum Gasteiger partial charge on any atom is 0.264 e. The van der Waals surface area contributed by atoms with Gasteiger partial charge in [0.2, 0.25) is 5.91 Å². The van der Waals surface area contributed by atoms with Gasteiger partial charge in [0.05, 0.1) is 46.3 Å². The summed E-state index contributed by atoms with van der Waals surface area (Å²) in [6.07, 6.45) is 4.09. The zero-order valence-corrected chi connectivity index (χ0v) is 31.0. The summed E-state index contributed by atoms with van der Waals surface area (Å²) in [5.41, 5.74) is 2.99. The number of ether oxygens (including phenoxy) is 3. The van der Waals surface area contributed by atoms with Crippen molar-refractivity contribution in [1.29, 1.82) is 0 Å². The van der Waals surface area contributed by atoms with Crippen LogP contribution in [0.4, 0.5) is 11.4 Å². The lowest BCUT2D eigenvalue weighted by atomic mass is 9.82. The van der Waals surface area contributed by atoms with Gasteiger partial charge in [0.1, 0.15) is 11.5 Å². The second kappa shape index (κ2) is 13.9. The number of hydrogen-bond donors (Lipinski definition) is 1. The number of benzene rings is 3. The van der Waals surface area contributed by atoms with E-state index in [0.29, 0.717) is 44.6 Å². The molecule has 0 saturated carbocycles. The first-order chi connectivity index (χ1) is 24.6. The first-order valence-electron chi connectivity index (χ1n) is 17.8. The zero-order valence-electron chi connectivity index (χ0n) is 30.0. The van der Waals surface area contributed by atoms with Crippen molar-refractivity contribution in [3.05, 3.63) is 89.7 Å². The molecule has 4 atom stereocenters. The Hall–Kier alpha value is -4.52. The van der Waals surface area contributed by atoms with Crippen molar-refractivity contribution >= 4 is 36.4 Å². The molecule has 2 saturated heterocycles. The average molecular weight is 710 g/mol. The largest absolute Gasteiger partial charge is 0.497 e. The number of carbonyl (C=O) groups is 2. The third kappa shape index (κ3) is 6.12. The van der Waals surface area contributed by atoms with Crippen LogP contribution in [-0.4, -0.2) is 73.5 Å². The monoisotopic (exact) mass is 709 g/mol. The Morgan fingerprint density at radius 3 is 2.49 bits per heavy atom. The van der Waals surface area contributed by atoms with E-state index < -0.39 is 13.7 Å². The van der Waals surface area contributed by atoms with E-state index in [2.05, 4.69) is 42.5 Å². The number of aliphatic hydroxyl groups is 1. The molecule has 0 radical (unpaired) electrons. The van der Waals surface area contributed by atoms with Gasteiger partial charge in [-0.1, -0.05) is 54.7 Å². The molecule has 4 heterocycles. The molecule has 0 aliphatic carbocycles. The van der Waals surface area contributed by atoms with E-state index in [0.717, 1.165) is 40.4 Å². The number of hydrogen-bond acceptors (Lipinski definition) is 8. The number of amides is 2. The molecule has 4 aromatic rings. The minimum absolute atomic E-state index is 0.0103. The Morgan fingerprint density at radius 2 is 1.78 bits per heavy atom. The van der Waals surface area contributed by atoms with Crippen molar-refractivity contribution in [2.75, 3.05) is 37.2 Å². The number of methoxy groups -OCH3 is 2. The normalized spacial score (nSPS) is 23.1. The highest BCUT2D eigenvalue weighted by molar-refractivity contribution is 6.91. The molecule has 2 amide bonds. The standard InChI is InChI=1S/C39H47N5O6Si/c1-26-37(51(4,5)32-14-11-30(48-2)12-15-32)35(17-20-42-25-28(18-21-45)40-41-42)50-39(26)33-23-31(49-3)13-16-34(33)44(38(39)47)24-27-8-6-9-29(22-27)43-19-7-10-36(43)46/h6,8-9,11-16,22-23,25-26,35,37,45H,7,10,17-21,24H2,1-5H3/t26-,35+,37-,39+/m0/s1. The van der Waals surface area contributed by atoms with Crippen LogP contribution in [0.5, 0.6) is 11.5 Å². The topological polar surface area (TPSA) is 119 Å². The lowest BCUT2D eigenvalue weighted by molar-refractivity contribution is -0.146. The highest BCUT2D eigenvalue weighted by atomic mass is 28.3. The molecule has 268 valence electrons. The lowest BCUT2D eigenvalue weighted by Gasteiger charge is -2.37. The van der Waals surface area contributed by atoms with Crippen molar-refractivity contribution in [2.24, 2.45) is 5.92 Å². The smallest absolute Gasteiger partial charge is 0.264 e. The molecule has 0 bridgehead atoms. The summed E-state index contributed by atoms with van der Waals surface area (Å²) in [6.45, 7) is 8.53. The molecule has 3 aromatic carbocycles. The summed E-state index contributed by atoms with van der Waals surface area (Å²) in [6, 6.07) is 22.2. The maximum atomic E-state index is 15.2. The van der Waals surface area contributed by atoms with Gasteiger partial charge in [0.25, 0.3) is 5.91 Å². The predicted molar refractivity (Wildman–Crippen MR) is 197 cm³/mol. The molecule has 11 nitrogen and oxygen atoms in total. The van der Waals surface area contributed by atoms with Gasteiger partial charge in [0, 0.05) is 55.9 Å². The fourth-order valence-electron chi connectivity index (χ4n) is 8.71. The SMILES string of the molecule is COc1ccc([Si](C)(C)[C@@H]2[C@@H](CCn3cc(CCO)nn3)O[C@]3(C(=O)N(Cc4cccc(N5CCCC5=O)c4)c4ccc(OC)cc43)[C@H]2C)cc1. The molecule has 1 spiro atoms. The van der Waals surface area contributed by atoms with Gasteiger partial charge in [-0.25, -0.2) is 0 Å². The van der Waals surface area contributed by atoms with Gasteiger partial charge < -0.3 is 29.1 Å². The Labute approximate surface area is 300 Å². The quantitative estimate of drug-likeness (QED) is 0.208. The molecule has 0 unspecified atom stereocenters. The molecular formula is C39H47N5O6Si. The zero-order chi connectivity index (χ0) is 35.9. The van der Waals surface area contributed by atoms with Crippen LogP contribution in [0.2, 0.25) is 18.6 Å². The van der Waals surface area contributed by atoms with E-state index in [1.165, 1.54) is 5.19 Å². The van der Waals surface area contributed by atoms with Crippen molar-refractivity contribution in [3.63, 3.8) is 0 Å². The molecule has 7 rings (SSSR count). The van der Waals surface area contributed by atoms with Crippen LogP contribution in [0.1, 0.15) is 43.0 Å². The van der Waals surface area contributed by atoms with E-state index in [-0.39, 0.29) is 36.0 Å². The molecule has 51 heavy (non-hydrogen) atoms. The summed E-state index contributed by atoms with van der Waals surface area (Å²) < 4.78 is 20.3. The van der Waals surface area contributed by atoms with E-state index in [1.54, 1.807) is 18.9 Å². The lowest BCUT2D eigenvalue weighted by Crippen LogP contribution is -2.51. The number of anilines is 2. The number of rotatable bonds is 12. The molecule has 1 N–H and O–H groups in total.